The molecule has 4 heterocycles. The molecule has 0 saturated heterocycles. The Morgan fingerprint density at radius 1 is 0.299 bits per heavy atom. The van der Waals surface area contributed by atoms with Gasteiger partial charge in [-0.15, -0.1) is 0 Å². The number of nitrogens with zero attached hydrogens (tertiary/aromatic N) is 6. The number of hydrogen-bond acceptors (Lipinski definition) is 4. The summed E-state index contributed by atoms with van der Waals surface area (Å²) in [5.41, 5.74) is 5.18. The van der Waals surface area contributed by atoms with E-state index in [1.54, 1.807) is 33.8 Å². The first-order chi connectivity index (χ1) is 37.3. The largest absolute Gasteiger partial charge is 0.234 e. The minimum absolute atomic E-state index is 0. The van der Waals surface area contributed by atoms with Crippen molar-refractivity contribution in [2.45, 2.75) is 215 Å². The van der Waals surface area contributed by atoms with Crippen LogP contribution in [-0.4, -0.2) is 29.2 Å². The Balaban J connectivity index is -0.0000000583. The molecule has 8 rings (SSSR count). The van der Waals surface area contributed by atoms with Crippen molar-refractivity contribution in [2.75, 3.05) is 0 Å². The summed E-state index contributed by atoms with van der Waals surface area (Å²) in [5, 5.41) is 8.41. The van der Waals surface area contributed by atoms with Crippen molar-refractivity contribution in [2.24, 2.45) is 0 Å². The monoisotopic (exact) mass is 1060 g/mol. The lowest BCUT2D eigenvalue weighted by molar-refractivity contribution is 0.923. The van der Waals surface area contributed by atoms with Gasteiger partial charge in [-0.3, -0.25) is 0 Å². The summed E-state index contributed by atoms with van der Waals surface area (Å²) in [5.74, 6) is 12.3. The van der Waals surface area contributed by atoms with E-state index in [-0.39, 0.29) is 16.3 Å². The van der Waals surface area contributed by atoms with Gasteiger partial charge in [0.2, 0.25) is 0 Å². The third-order valence-corrected chi connectivity index (χ3v) is 6.11. The van der Waals surface area contributed by atoms with Gasteiger partial charge in [-0.25, -0.2) is 19.0 Å². The predicted octanol–water partition coefficient (Wildman–Crippen LogP) is 23.9. The van der Waals surface area contributed by atoms with E-state index in [4.69, 9.17) is 0 Å². The lowest BCUT2D eigenvalue weighted by Crippen LogP contribution is -1.92. The zero-order valence-electron chi connectivity index (χ0n) is 53.7. The number of hydrogen-bond donors (Lipinski definition) is 0. The summed E-state index contributed by atoms with van der Waals surface area (Å²) in [4.78, 5) is 8.46. The van der Waals surface area contributed by atoms with Crippen LogP contribution in [0, 0.1) is 23.7 Å². The first-order valence-corrected chi connectivity index (χ1v) is 29.0. The van der Waals surface area contributed by atoms with Gasteiger partial charge in [0, 0.05) is 24.9 Å². The van der Waals surface area contributed by atoms with Crippen LogP contribution in [0.5, 0.6) is 0 Å². The molecular formula is C71H126N6. The average molecular weight is 1060 g/mol. The van der Waals surface area contributed by atoms with Crippen LogP contribution in [0.1, 0.15) is 239 Å². The third-order valence-electron chi connectivity index (χ3n) is 6.11. The maximum Gasteiger partial charge on any atom is 0.154 e. The first-order valence-electron chi connectivity index (χ1n) is 29.0. The molecule has 0 unspecified atom stereocenters. The van der Waals surface area contributed by atoms with Crippen molar-refractivity contribution in [3.63, 3.8) is 0 Å². The minimum Gasteiger partial charge on any atom is -0.234 e. The van der Waals surface area contributed by atoms with Crippen molar-refractivity contribution in [3.05, 3.63) is 205 Å². The van der Waals surface area contributed by atoms with Gasteiger partial charge in [0.15, 0.2) is 11.3 Å². The lowest BCUT2D eigenvalue weighted by atomic mass is 10.2. The summed E-state index contributed by atoms with van der Waals surface area (Å²) in [6.07, 6.45) is 8.17. The van der Waals surface area contributed by atoms with E-state index in [2.05, 4.69) is 57.7 Å². The Labute approximate surface area is 483 Å². The molecule has 8 aromatic rings. The number of aromatic nitrogens is 6. The molecular weight excluding hydrogens is 937 g/mol. The Kier molecular flexibility index (Phi) is 131. The zero-order valence-corrected chi connectivity index (χ0v) is 53.7. The van der Waals surface area contributed by atoms with Crippen LogP contribution in [0.3, 0.4) is 0 Å². The molecule has 77 heavy (non-hydrogen) atoms. The van der Waals surface area contributed by atoms with E-state index >= 15 is 0 Å². The van der Waals surface area contributed by atoms with Crippen LogP contribution >= 0.6 is 0 Å². The quantitative estimate of drug-likeness (QED) is 0.142. The molecule has 4 aromatic heterocycles. The topological polar surface area (TPSA) is 60.4 Å². The molecule has 0 fully saturated rings. The smallest absolute Gasteiger partial charge is 0.154 e. The highest BCUT2D eigenvalue weighted by molar-refractivity contribution is 5.47. The molecule has 4 aromatic carbocycles. The van der Waals surface area contributed by atoms with Crippen LogP contribution in [0.2, 0.25) is 0 Å². The van der Waals surface area contributed by atoms with Gasteiger partial charge in [-0.05, 0) is 60.4 Å². The van der Waals surface area contributed by atoms with E-state index in [0.717, 1.165) is 33.8 Å². The summed E-state index contributed by atoms with van der Waals surface area (Å²) in [6, 6.07) is 51.2. The molecule has 0 atom stereocenters. The molecule has 0 bridgehead atoms. The maximum atomic E-state index is 4.23. The first kappa shape index (κ1) is 99.3. The molecule has 6 nitrogen and oxygen atoms in total. The van der Waals surface area contributed by atoms with E-state index in [1.165, 1.54) is 6.42 Å². The van der Waals surface area contributed by atoms with Crippen LogP contribution < -0.4 is 0 Å². The molecule has 0 radical (unpaired) electrons. The Hall–Kier alpha value is -6.76. The van der Waals surface area contributed by atoms with Gasteiger partial charge in [0.05, 0.1) is 12.4 Å². The van der Waals surface area contributed by atoms with E-state index in [0.29, 0.717) is 0 Å². The van der Waals surface area contributed by atoms with Gasteiger partial charge < -0.3 is 0 Å². The van der Waals surface area contributed by atoms with Gasteiger partial charge in [0.1, 0.15) is 11.4 Å². The molecule has 0 saturated carbocycles. The molecule has 6 heteroatoms. The Bertz CT molecular complexity index is 1970. The van der Waals surface area contributed by atoms with Crippen molar-refractivity contribution in [3.8, 4) is 23.7 Å². The summed E-state index contributed by atoms with van der Waals surface area (Å²) >= 11 is 0. The average Bonchev–Trinajstić information content (AvgIpc) is 4.18. The number of fused-ring (bicyclic) bond motifs is 2. The number of rotatable bonds is 0. The number of imidazole rings is 2. The minimum atomic E-state index is 0. The Morgan fingerprint density at radius 2 is 0.494 bits per heavy atom. The summed E-state index contributed by atoms with van der Waals surface area (Å²) in [7, 11) is 0. The van der Waals surface area contributed by atoms with Gasteiger partial charge >= 0.3 is 0 Å². The van der Waals surface area contributed by atoms with Crippen molar-refractivity contribution >= 4 is 11.3 Å². The van der Waals surface area contributed by atoms with Crippen molar-refractivity contribution < 1.29 is 1.43 Å². The SMILES string of the molecule is C.C.C(#Cc1cnc2cccnn12)c1ccccc1.C(#Cc1cnc2cccnn12)c1ccccc1.CC.CC.CC.CC.CC.CC.CC.CC.CC.CC.CC.CC.CC.CCC.[2HH].c1ccccc1.c1ccccc1. The van der Waals surface area contributed by atoms with E-state index in [9.17, 15) is 0 Å². The summed E-state index contributed by atoms with van der Waals surface area (Å²) in [6.45, 7) is 56.2. The highest BCUT2D eigenvalue weighted by Crippen LogP contribution is 2.04. The van der Waals surface area contributed by atoms with Crippen LogP contribution in [0.15, 0.2) is 183 Å². The molecule has 440 valence electrons. The molecule has 0 amide bonds. The zero-order chi connectivity index (χ0) is 60.2. The van der Waals surface area contributed by atoms with Crippen LogP contribution in [0.25, 0.3) is 11.3 Å². The second-order valence-electron chi connectivity index (χ2n) is 10.1. The standard InChI is InChI=1S/2C14H9N3.2C6H6.C3H8.13C2H6.2CH4.H2/c2*1-2-5-12(6-3-1)8-9-13-11-15-14-7-4-10-16-17(13)14;2*1-2-4-6-5-3-1;1-3-2;13*1-2;;;/h2*1-7,10-11H;2*1-6H;3H2,1-2H3;13*1-2H3;2*1H4;1H/i;;;;;;;;;;;;;;;;;;;;1+1. The fourth-order valence-corrected chi connectivity index (χ4v) is 3.91. The van der Waals surface area contributed by atoms with Gasteiger partial charge in [-0.1, -0.05) is 336 Å². The van der Waals surface area contributed by atoms with E-state index < -0.39 is 0 Å². The second kappa shape index (κ2) is 102. The maximum absolute atomic E-state index is 4.23. The number of benzene rings is 4. The predicted molar refractivity (Wildman–Crippen MR) is 363 cm³/mol. The molecule has 0 spiro atoms. The van der Waals surface area contributed by atoms with Crippen molar-refractivity contribution in [1.29, 1.82) is 0 Å². The second-order valence-corrected chi connectivity index (χ2v) is 10.1. The highest BCUT2D eigenvalue weighted by Gasteiger charge is 2.00. The lowest BCUT2D eigenvalue weighted by Gasteiger charge is -1.91. The van der Waals surface area contributed by atoms with Crippen molar-refractivity contribution in [1.82, 2.24) is 29.2 Å². The molecule has 0 aliphatic carbocycles. The molecule has 0 aliphatic rings. The summed E-state index contributed by atoms with van der Waals surface area (Å²) < 4.78 is 3.46. The third kappa shape index (κ3) is 61.7. The molecule has 0 aliphatic heterocycles. The highest BCUT2D eigenvalue weighted by atomic mass is 15.3. The fourth-order valence-electron chi connectivity index (χ4n) is 3.91. The normalized spacial score (nSPS) is 6.86. The Morgan fingerprint density at radius 3 is 0.701 bits per heavy atom. The van der Waals surface area contributed by atoms with Crippen LogP contribution in [-0.2, 0) is 0 Å². The van der Waals surface area contributed by atoms with Gasteiger partial charge in [-0.2, -0.15) is 10.2 Å². The fraction of sp³-hybridized carbons (Fsp3) is 0.437. The van der Waals surface area contributed by atoms with E-state index in [1.807, 2.05) is 338 Å². The van der Waals surface area contributed by atoms with Crippen LogP contribution in [0.4, 0.5) is 0 Å². The van der Waals surface area contributed by atoms with Gasteiger partial charge in [0.25, 0.3) is 0 Å². The molecule has 0 N–H and O–H groups in total.